The van der Waals surface area contributed by atoms with Crippen LogP contribution in [0.1, 0.15) is 42.4 Å². The van der Waals surface area contributed by atoms with Gasteiger partial charge in [0.15, 0.2) is 0 Å². The summed E-state index contributed by atoms with van der Waals surface area (Å²) in [6.07, 6.45) is 5.28. The summed E-state index contributed by atoms with van der Waals surface area (Å²) in [5.41, 5.74) is 4.20. The molecule has 1 aromatic carbocycles. The molecule has 0 spiro atoms. The Bertz CT molecular complexity index is 396. The number of hydrogen-bond donors (Lipinski definition) is 0. The number of hydrogen-bond acceptors (Lipinski definition) is 1. The summed E-state index contributed by atoms with van der Waals surface area (Å²) in [6, 6.07) is 4.41. The Morgan fingerprint density at radius 3 is 2.17 bits per heavy atom. The second kappa shape index (κ2) is 5.64. The van der Waals surface area contributed by atoms with E-state index in [0.717, 1.165) is 17.7 Å². The maximum absolute atomic E-state index is 6.17. The van der Waals surface area contributed by atoms with Gasteiger partial charge in [-0.2, -0.15) is 0 Å². The van der Waals surface area contributed by atoms with Crippen LogP contribution in [0, 0.1) is 26.2 Å². The van der Waals surface area contributed by atoms with Gasteiger partial charge in [0, 0.05) is 10.7 Å². The van der Waals surface area contributed by atoms with E-state index in [-0.39, 0.29) is 0 Å². The maximum atomic E-state index is 6.17. The number of ether oxygens (including phenoxy) is 1. The molecular weight excluding hydrogens is 288 g/mol. The molecule has 18 heavy (non-hydrogen) atoms. The largest absolute Gasteiger partial charge is 0.492 e. The van der Waals surface area contributed by atoms with Crippen LogP contribution in [0.25, 0.3) is 0 Å². The smallest absolute Gasteiger partial charge is 0.125 e. The molecule has 0 bridgehead atoms. The lowest BCUT2D eigenvalue weighted by Gasteiger charge is -2.27. The molecule has 0 radical (unpaired) electrons. The van der Waals surface area contributed by atoms with Crippen LogP contribution >= 0.6 is 15.9 Å². The fourth-order valence-corrected chi connectivity index (χ4v) is 3.78. The summed E-state index contributed by atoms with van der Waals surface area (Å²) in [7, 11) is 0. The van der Waals surface area contributed by atoms with Crippen molar-refractivity contribution in [2.24, 2.45) is 5.41 Å². The molecule has 0 atom stereocenters. The van der Waals surface area contributed by atoms with Crippen molar-refractivity contribution in [1.29, 1.82) is 0 Å². The first kappa shape index (κ1) is 13.9. The minimum absolute atomic E-state index is 0.365. The average Bonchev–Trinajstić information content (AvgIpc) is 2.77. The molecule has 0 aromatic heterocycles. The van der Waals surface area contributed by atoms with Crippen LogP contribution in [0.5, 0.6) is 5.75 Å². The summed E-state index contributed by atoms with van der Waals surface area (Å²) < 4.78 is 6.17. The van der Waals surface area contributed by atoms with Crippen molar-refractivity contribution in [2.45, 2.75) is 46.5 Å². The van der Waals surface area contributed by atoms with Crippen LogP contribution in [-0.4, -0.2) is 11.9 Å². The van der Waals surface area contributed by atoms with Gasteiger partial charge in [0.1, 0.15) is 5.75 Å². The number of rotatable bonds is 4. The molecule has 100 valence electrons. The Balaban J connectivity index is 2.10. The number of aryl methyl sites for hydroxylation is 3. The first-order valence-corrected chi connectivity index (χ1v) is 7.95. The van der Waals surface area contributed by atoms with Crippen molar-refractivity contribution in [2.75, 3.05) is 11.9 Å². The van der Waals surface area contributed by atoms with Gasteiger partial charge in [0.25, 0.3) is 0 Å². The Hall–Kier alpha value is -0.500. The van der Waals surface area contributed by atoms with E-state index in [1.165, 1.54) is 42.4 Å². The third-order valence-electron chi connectivity index (χ3n) is 4.08. The molecule has 1 nitrogen and oxygen atoms in total. The number of benzene rings is 1. The van der Waals surface area contributed by atoms with Gasteiger partial charge in [0.2, 0.25) is 0 Å². The van der Waals surface area contributed by atoms with E-state index in [4.69, 9.17) is 4.74 Å². The van der Waals surface area contributed by atoms with Gasteiger partial charge in [-0.3, -0.25) is 0 Å². The zero-order valence-electron chi connectivity index (χ0n) is 11.7. The Kier molecular flexibility index (Phi) is 4.37. The quantitative estimate of drug-likeness (QED) is 0.715. The third-order valence-corrected chi connectivity index (χ3v) is 5.26. The summed E-state index contributed by atoms with van der Waals surface area (Å²) in [5, 5.41) is 1.06. The molecule has 0 heterocycles. The molecule has 1 aliphatic carbocycles. The van der Waals surface area contributed by atoms with Crippen LogP contribution in [0.3, 0.4) is 0 Å². The minimum atomic E-state index is 0.365. The highest BCUT2D eigenvalue weighted by molar-refractivity contribution is 9.09. The maximum Gasteiger partial charge on any atom is 0.125 e. The predicted molar refractivity (Wildman–Crippen MR) is 80.8 cm³/mol. The fraction of sp³-hybridized carbons (Fsp3) is 0.625. The van der Waals surface area contributed by atoms with Gasteiger partial charge < -0.3 is 4.74 Å². The minimum Gasteiger partial charge on any atom is -0.492 e. The average molecular weight is 311 g/mol. The summed E-state index contributed by atoms with van der Waals surface area (Å²) >= 11 is 3.68. The highest BCUT2D eigenvalue weighted by Crippen LogP contribution is 2.40. The first-order chi connectivity index (χ1) is 8.56. The van der Waals surface area contributed by atoms with Gasteiger partial charge >= 0.3 is 0 Å². The Morgan fingerprint density at radius 2 is 1.67 bits per heavy atom. The van der Waals surface area contributed by atoms with E-state index >= 15 is 0 Å². The van der Waals surface area contributed by atoms with Crippen molar-refractivity contribution in [3.8, 4) is 5.75 Å². The van der Waals surface area contributed by atoms with Crippen LogP contribution in [0.4, 0.5) is 0 Å². The second-order valence-electron chi connectivity index (χ2n) is 5.86. The lowest BCUT2D eigenvalue weighted by molar-refractivity contribution is 0.172. The molecule has 0 aliphatic heterocycles. The van der Waals surface area contributed by atoms with Crippen molar-refractivity contribution >= 4 is 15.9 Å². The van der Waals surface area contributed by atoms with Gasteiger partial charge in [-0.15, -0.1) is 0 Å². The van der Waals surface area contributed by atoms with E-state index < -0.39 is 0 Å². The predicted octanol–water partition coefficient (Wildman–Crippen LogP) is 4.95. The molecule has 1 saturated carbocycles. The highest BCUT2D eigenvalue weighted by Gasteiger charge is 2.33. The Labute approximate surface area is 119 Å². The van der Waals surface area contributed by atoms with Crippen LogP contribution in [-0.2, 0) is 0 Å². The third kappa shape index (κ3) is 2.90. The zero-order valence-corrected chi connectivity index (χ0v) is 13.3. The molecule has 1 aliphatic rings. The lowest BCUT2D eigenvalue weighted by atomic mass is 9.90. The second-order valence-corrected chi connectivity index (χ2v) is 6.42. The molecule has 0 saturated heterocycles. The molecule has 0 N–H and O–H groups in total. The van der Waals surface area contributed by atoms with Gasteiger partial charge in [-0.05, 0) is 44.7 Å². The van der Waals surface area contributed by atoms with Crippen LogP contribution < -0.4 is 4.74 Å². The molecule has 1 aromatic rings. The summed E-state index contributed by atoms with van der Waals surface area (Å²) in [4.78, 5) is 0. The molecular formula is C16H23BrO. The zero-order chi connectivity index (χ0) is 13.2. The van der Waals surface area contributed by atoms with Crippen LogP contribution in [0.2, 0.25) is 0 Å². The van der Waals surface area contributed by atoms with E-state index in [9.17, 15) is 0 Å². The lowest BCUT2D eigenvalue weighted by Crippen LogP contribution is -2.27. The first-order valence-electron chi connectivity index (χ1n) is 6.83. The monoisotopic (exact) mass is 310 g/mol. The SMILES string of the molecule is Cc1cc(C)c(OCC2(CBr)CCCC2)c(C)c1. The standard InChI is InChI=1S/C16H23BrO/c1-12-8-13(2)15(14(3)9-12)18-11-16(10-17)6-4-5-7-16/h8-9H,4-7,10-11H2,1-3H3. The van der Waals surface area contributed by atoms with Gasteiger partial charge in [-0.1, -0.05) is 46.5 Å². The van der Waals surface area contributed by atoms with Crippen molar-refractivity contribution in [3.63, 3.8) is 0 Å². The molecule has 0 unspecified atom stereocenters. The molecule has 0 amide bonds. The van der Waals surface area contributed by atoms with E-state index in [0.29, 0.717) is 5.41 Å². The number of alkyl halides is 1. The normalized spacial score (nSPS) is 18.0. The van der Waals surface area contributed by atoms with E-state index in [2.05, 4.69) is 48.8 Å². The highest BCUT2D eigenvalue weighted by atomic mass is 79.9. The fourth-order valence-electron chi connectivity index (χ4n) is 3.06. The van der Waals surface area contributed by atoms with E-state index in [1.807, 2.05) is 0 Å². The molecule has 2 rings (SSSR count). The summed E-state index contributed by atoms with van der Waals surface area (Å²) in [6.45, 7) is 7.28. The van der Waals surface area contributed by atoms with Crippen LogP contribution in [0.15, 0.2) is 12.1 Å². The van der Waals surface area contributed by atoms with Crippen molar-refractivity contribution in [1.82, 2.24) is 0 Å². The van der Waals surface area contributed by atoms with Crippen molar-refractivity contribution in [3.05, 3.63) is 28.8 Å². The van der Waals surface area contributed by atoms with E-state index in [1.54, 1.807) is 0 Å². The van der Waals surface area contributed by atoms with Gasteiger partial charge in [-0.25, -0.2) is 0 Å². The molecule has 1 fully saturated rings. The topological polar surface area (TPSA) is 9.23 Å². The number of halogens is 1. The Morgan fingerprint density at radius 1 is 1.11 bits per heavy atom. The van der Waals surface area contributed by atoms with Crippen molar-refractivity contribution < 1.29 is 4.74 Å². The molecule has 2 heteroatoms. The van der Waals surface area contributed by atoms with Gasteiger partial charge in [0.05, 0.1) is 6.61 Å². The summed E-state index contributed by atoms with van der Waals surface area (Å²) in [5.74, 6) is 1.09.